The molecule has 0 aromatic carbocycles. The number of aryl methyl sites for hydroxylation is 1. The van der Waals surface area contributed by atoms with Gasteiger partial charge < -0.3 is 11.1 Å². The molecule has 1 aromatic heterocycles. The number of nitrogens with one attached hydrogen (secondary N) is 1. The summed E-state index contributed by atoms with van der Waals surface area (Å²) in [5, 5.41) is 3.77. The molecule has 0 aliphatic heterocycles. The van der Waals surface area contributed by atoms with Crippen molar-refractivity contribution in [1.29, 1.82) is 0 Å². The van der Waals surface area contributed by atoms with E-state index in [9.17, 15) is 0 Å². The maximum Gasteiger partial charge on any atom is 0.129 e. The molecule has 0 saturated heterocycles. The molecule has 0 unspecified atom stereocenters. The van der Waals surface area contributed by atoms with Gasteiger partial charge in [0, 0.05) is 6.54 Å². The molecule has 3 N–H and O–H groups in total. The third-order valence-electron chi connectivity index (χ3n) is 1.75. The first-order valence-corrected chi connectivity index (χ1v) is 4.69. The van der Waals surface area contributed by atoms with Crippen LogP contribution in [-0.4, -0.2) is 18.1 Å². The van der Waals surface area contributed by atoms with Crippen LogP contribution < -0.4 is 11.1 Å². The Kier molecular flexibility index (Phi) is 3.99. The van der Waals surface area contributed by atoms with E-state index in [1.807, 2.05) is 13.0 Å². The highest BCUT2D eigenvalue weighted by atomic mass is 35.5. The summed E-state index contributed by atoms with van der Waals surface area (Å²) in [5.74, 6) is 0. The summed E-state index contributed by atoms with van der Waals surface area (Å²) in [5.41, 5.74) is 7.32. The van der Waals surface area contributed by atoms with Crippen molar-refractivity contribution in [3.8, 4) is 0 Å². The van der Waals surface area contributed by atoms with Gasteiger partial charge in [-0.05, 0) is 32.0 Å². The van der Waals surface area contributed by atoms with Crippen LogP contribution in [0.2, 0.25) is 5.15 Å². The van der Waals surface area contributed by atoms with Crippen LogP contribution in [0.5, 0.6) is 0 Å². The number of nitrogens with two attached hydrogens (primary N) is 1. The SMILES string of the molecule is Cc1nc(Cl)ccc1NCCCN. The third kappa shape index (κ3) is 3.20. The summed E-state index contributed by atoms with van der Waals surface area (Å²) in [4.78, 5) is 4.12. The van der Waals surface area contributed by atoms with Crippen LogP contribution in [0, 0.1) is 6.92 Å². The maximum absolute atomic E-state index is 5.72. The standard InChI is InChI=1S/C9H14ClN3/c1-7-8(12-6-2-5-11)3-4-9(10)13-7/h3-4,12H,2,5-6,11H2,1H3. The zero-order valence-electron chi connectivity index (χ0n) is 7.68. The Hall–Kier alpha value is -0.800. The second-order valence-electron chi connectivity index (χ2n) is 2.84. The zero-order valence-corrected chi connectivity index (χ0v) is 8.43. The normalized spacial score (nSPS) is 10.1. The van der Waals surface area contributed by atoms with Crippen LogP contribution in [-0.2, 0) is 0 Å². The lowest BCUT2D eigenvalue weighted by atomic mass is 10.3. The smallest absolute Gasteiger partial charge is 0.129 e. The molecule has 0 atom stereocenters. The lowest BCUT2D eigenvalue weighted by Gasteiger charge is -2.07. The van der Waals surface area contributed by atoms with Gasteiger partial charge in [0.25, 0.3) is 0 Å². The molecule has 0 spiro atoms. The quantitative estimate of drug-likeness (QED) is 0.575. The first-order valence-electron chi connectivity index (χ1n) is 4.31. The average molecular weight is 200 g/mol. The van der Waals surface area contributed by atoms with E-state index in [1.54, 1.807) is 6.07 Å². The third-order valence-corrected chi connectivity index (χ3v) is 1.96. The number of nitrogens with zero attached hydrogens (tertiary/aromatic N) is 1. The Balaban J connectivity index is 2.56. The molecule has 0 saturated carbocycles. The van der Waals surface area contributed by atoms with E-state index in [4.69, 9.17) is 17.3 Å². The van der Waals surface area contributed by atoms with Crippen molar-refractivity contribution in [2.24, 2.45) is 5.73 Å². The minimum Gasteiger partial charge on any atom is -0.384 e. The van der Waals surface area contributed by atoms with E-state index in [0.717, 1.165) is 24.3 Å². The van der Waals surface area contributed by atoms with Gasteiger partial charge in [-0.15, -0.1) is 0 Å². The van der Waals surface area contributed by atoms with Crippen LogP contribution in [0.1, 0.15) is 12.1 Å². The number of hydrogen-bond donors (Lipinski definition) is 2. The summed E-state index contributed by atoms with van der Waals surface area (Å²) >= 11 is 5.72. The van der Waals surface area contributed by atoms with Crippen LogP contribution in [0.25, 0.3) is 0 Å². The van der Waals surface area contributed by atoms with Gasteiger partial charge in [0.15, 0.2) is 0 Å². The van der Waals surface area contributed by atoms with E-state index >= 15 is 0 Å². The number of pyridine rings is 1. The molecule has 3 nitrogen and oxygen atoms in total. The topological polar surface area (TPSA) is 50.9 Å². The molecule has 0 amide bonds. The van der Waals surface area contributed by atoms with E-state index < -0.39 is 0 Å². The molecule has 1 heterocycles. The number of halogens is 1. The molecule has 1 rings (SSSR count). The van der Waals surface area contributed by atoms with Gasteiger partial charge in [0.1, 0.15) is 5.15 Å². The van der Waals surface area contributed by atoms with Gasteiger partial charge in [0.05, 0.1) is 11.4 Å². The summed E-state index contributed by atoms with van der Waals surface area (Å²) in [7, 11) is 0. The molecular formula is C9H14ClN3. The van der Waals surface area contributed by atoms with Crippen LogP contribution >= 0.6 is 11.6 Å². The van der Waals surface area contributed by atoms with Gasteiger partial charge in [0.2, 0.25) is 0 Å². The zero-order chi connectivity index (χ0) is 9.68. The number of aromatic nitrogens is 1. The van der Waals surface area contributed by atoms with Gasteiger partial charge in [-0.1, -0.05) is 11.6 Å². The lowest BCUT2D eigenvalue weighted by Crippen LogP contribution is -2.09. The van der Waals surface area contributed by atoms with Crippen molar-refractivity contribution < 1.29 is 0 Å². The largest absolute Gasteiger partial charge is 0.384 e. The number of rotatable bonds is 4. The molecule has 0 radical (unpaired) electrons. The van der Waals surface area contributed by atoms with Crippen molar-refractivity contribution >= 4 is 17.3 Å². The van der Waals surface area contributed by atoms with Gasteiger partial charge in [-0.25, -0.2) is 4.98 Å². The molecule has 0 bridgehead atoms. The van der Waals surface area contributed by atoms with Crippen LogP contribution in [0.4, 0.5) is 5.69 Å². The molecule has 13 heavy (non-hydrogen) atoms. The highest BCUT2D eigenvalue weighted by Crippen LogP contribution is 2.15. The first kappa shape index (κ1) is 10.3. The van der Waals surface area contributed by atoms with Crippen molar-refractivity contribution in [3.63, 3.8) is 0 Å². The van der Waals surface area contributed by atoms with E-state index in [2.05, 4.69) is 10.3 Å². The molecule has 0 aliphatic carbocycles. The lowest BCUT2D eigenvalue weighted by molar-refractivity contribution is 0.872. The summed E-state index contributed by atoms with van der Waals surface area (Å²) in [6.45, 7) is 3.50. The minimum atomic E-state index is 0.530. The first-order chi connectivity index (χ1) is 6.24. The van der Waals surface area contributed by atoms with E-state index in [-0.39, 0.29) is 0 Å². The Morgan fingerprint density at radius 2 is 2.31 bits per heavy atom. The van der Waals surface area contributed by atoms with E-state index in [0.29, 0.717) is 11.7 Å². The van der Waals surface area contributed by atoms with Crippen LogP contribution in [0.15, 0.2) is 12.1 Å². The summed E-state index contributed by atoms with van der Waals surface area (Å²) in [6, 6.07) is 3.71. The molecule has 0 aliphatic rings. The highest BCUT2D eigenvalue weighted by Gasteiger charge is 1.98. The van der Waals surface area contributed by atoms with Crippen molar-refractivity contribution in [1.82, 2.24) is 4.98 Å². The fourth-order valence-corrected chi connectivity index (χ4v) is 1.23. The predicted octanol–water partition coefficient (Wildman–Crippen LogP) is 1.80. The monoisotopic (exact) mass is 199 g/mol. The average Bonchev–Trinajstić information content (AvgIpc) is 2.09. The number of hydrogen-bond acceptors (Lipinski definition) is 3. The van der Waals surface area contributed by atoms with Gasteiger partial charge in [-0.3, -0.25) is 0 Å². The molecule has 1 aromatic rings. The van der Waals surface area contributed by atoms with Crippen molar-refractivity contribution in [3.05, 3.63) is 23.0 Å². The highest BCUT2D eigenvalue weighted by molar-refractivity contribution is 6.29. The van der Waals surface area contributed by atoms with E-state index in [1.165, 1.54) is 0 Å². The Morgan fingerprint density at radius 1 is 1.54 bits per heavy atom. The molecule has 0 fully saturated rings. The Bertz CT molecular complexity index is 276. The minimum absolute atomic E-state index is 0.530. The molecule has 72 valence electrons. The summed E-state index contributed by atoms with van der Waals surface area (Å²) < 4.78 is 0. The second-order valence-corrected chi connectivity index (χ2v) is 3.22. The number of anilines is 1. The van der Waals surface area contributed by atoms with Crippen molar-refractivity contribution in [2.45, 2.75) is 13.3 Å². The maximum atomic E-state index is 5.72. The van der Waals surface area contributed by atoms with Gasteiger partial charge >= 0.3 is 0 Å². The second kappa shape index (κ2) is 5.04. The van der Waals surface area contributed by atoms with Crippen LogP contribution in [0.3, 0.4) is 0 Å². The Morgan fingerprint density at radius 3 is 2.92 bits per heavy atom. The predicted molar refractivity (Wildman–Crippen MR) is 56.1 cm³/mol. The summed E-state index contributed by atoms with van der Waals surface area (Å²) in [6.07, 6.45) is 0.960. The molecular weight excluding hydrogens is 186 g/mol. The van der Waals surface area contributed by atoms with Crippen molar-refractivity contribution in [2.75, 3.05) is 18.4 Å². The Labute approximate surface area is 83.3 Å². The molecule has 4 heteroatoms. The fraction of sp³-hybridized carbons (Fsp3) is 0.444. The van der Waals surface area contributed by atoms with Gasteiger partial charge in [-0.2, -0.15) is 0 Å². The fourth-order valence-electron chi connectivity index (χ4n) is 1.04.